The molecule has 0 aromatic heterocycles. The average molecular weight is 1170 g/mol. The van der Waals surface area contributed by atoms with E-state index in [4.69, 9.17) is 21.6 Å². The van der Waals surface area contributed by atoms with Gasteiger partial charge in [-0.15, -0.1) is 0 Å². The normalized spacial score (nSPS) is 17.4. The fourth-order valence-electron chi connectivity index (χ4n) is 7.58. The molecule has 22 heteroatoms. The topological polar surface area (TPSA) is 198 Å². The van der Waals surface area contributed by atoms with E-state index in [1.54, 1.807) is 0 Å². The summed E-state index contributed by atoms with van der Waals surface area (Å²) in [6, 6.07) is 44.4. The molecule has 4 aromatic rings. The van der Waals surface area contributed by atoms with Crippen LogP contribution in [-0.4, -0.2) is 146 Å². The molecule has 408 valence electrons. The van der Waals surface area contributed by atoms with Crippen LogP contribution in [0.2, 0.25) is 0 Å². The van der Waals surface area contributed by atoms with Crippen LogP contribution in [0.3, 0.4) is 0 Å². The molecule has 74 heavy (non-hydrogen) atoms. The van der Waals surface area contributed by atoms with Gasteiger partial charge in [0.1, 0.15) is 0 Å². The van der Waals surface area contributed by atoms with Gasteiger partial charge in [0.25, 0.3) is 0 Å². The van der Waals surface area contributed by atoms with Crippen LogP contribution in [0.1, 0.15) is 74.1 Å². The summed E-state index contributed by atoms with van der Waals surface area (Å²) < 4.78 is 0. The quantitative estimate of drug-likeness (QED) is 0.0498. The summed E-state index contributed by atoms with van der Waals surface area (Å²) in [7, 11) is 0. The maximum Gasteiger partial charge on any atom is 2.00 e. The van der Waals surface area contributed by atoms with Crippen LogP contribution in [-0.2, 0) is 33.0 Å². The first-order valence-electron chi connectivity index (χ1n) is 24.0. The molecule has 8 N–H and O–H groups in total. The van der Waals surface area contributed by atoms with Gasteiger partial charge in [-0.3, -0.25) is 19.6 Å². The fraction of sp³-hybridized carbons (Fsp3) is 0.462. The summed E-state index contributed by atoms with van der Waals surface area (Å²) in [6.45, 7) is 23.6. The molecule has 2 aliphatic heterocycles. The average Bonchev–Trinajstić information content (AvgIpc) is 3.41. The van der Waals surface area contributed by atoms with Gasteiger partial charge in [0.15, 0.2) is 0 Å². The van der Waals surface area contributed by atoms with Crippen LogP contribution < -0.4 is 42.5 Å². The molecule has 16 nitrogen and oxygen atoms in total. The van der Waals surface area contributed by atoms with Crippen molar-refractivity contribution >= 4 is 69.5 Å². The van der Waals surface area contributed by atoms with Gasteiger partial charge in [-0.25, -0.2) is 0 Å². The molecule has 2 heterocycles. The molecular weight excluding hydrogens is 1090 g/mol. The Morgan fingerprint density at radius 2 is 0.432 bits per heavy atom. The zero-order chi connectivity index (χ0) is 52.9. The summed E-state index contributed by atoms with van der Waals surface area (Å²) in [5, 5.41) is 62.7. The fourth-order valence-corrected chi connectivity index (χ4v) is 7.58. The zero-order valence-electron chi connectivity index (χ0n) is 43.0. The second-order valence-corrected chi connectivity index (χ2v) is 17.1. The molecule has 2 aliphatic rings. The van der Waals surface area contributed by atoms with E-state index >= 15 is 0 Å². The smallest absolute Gasteiger partial charge is 0.753 e. The van der Waals surface area contributed by atoms with Crippen molar-refractivity contribution in [1.29, 1.82) is 0 Å². The standard InChI is InChI=1S/2C24H38N6.4CNS.2Ni/c2*1-21(23-9-5-3-6-10-23)29-17-25-13-15-27-19-30(20-28-16-14-26-18-29)22(2)24-11-7-4-8-12-24;4*2-1-3;;/h2*3-12,21-22,25-28H,13-20H2,1-2H3;;;;;;/q;;4*-1;2*+2/t2*21-,22-;;;;;;/m11....../s1. The number of hydrogen-bond donors (Lipinski definition) is 8. The number of rotatable bonds is 8. The Labute approximate surface area is 484 Å². The Kier molecular flexibility index (Phi) is 49.5. The Morgan fingerprint density at radius 1 is 0.311 bits per heavy atom. The van der Waals surface area contributed by atoms with Crippen molar-refractivity contribution < 1.29 is 33.0 Å². The first-order valence-corrected chi connectivity index (χ1v) is 25.7. The maximum absolute atomic E-state index is 7.13. The van der Waals surface area contributed by atoms with E-state index in [2.05, 4.69) is 260 Å². The molecule has 0 unspecified atom stereocenters. The number of hydrogen-bond acceptors (Lipinski definition) is 16. The van der Waals surface area contributed by atoms with Gasteiger partial charge >= 0.3 is 33.0 Å². The van der Waals surface area contributed by atoms with Crippen molar-refractivity contribution in [2.75, 3.05) is 106 Å². The Balaban J connectivity index is 0. The van der Waals surface area contributed by atoms with Crippen molar-refractivity contribution in [2.24, 2.45) is 0 Å². The summed E-state index contributed by atoms with van der Waals surface area (Å²) in [6.07, 6.45) is 0. The molecule has 0 spiro atoms. The monoisotopic (exact) mass is 1170 g/mol. The third-order valence-corrected chi connectivity index (χ3v) is 11.8. The van der Waals surface area contributed by atoms with Gasteiger partial charge < -0.3 is 64.2 Å². The Morgan fingerprint density at radius 3 is 0.554 bits per heavy atom. The minimum absolute atomic E-state index is 0. The van der Waals surface area contributed by atoms with Crippen molar-refractivity contribution in [3.05, 3.63) is 165 Å². The summed E-state index contributed by atoms with van der Waals surface area (Å²) in [5.74, 6) is 0. The number of nitrogens with zero attached hydrogens (tertiary/aromatic N) is 8. The molecular formula is C52H76N16Ni2S4. The van der Waals surface area contributed by atoms with E-state index in [9.17, 15) is 0 Å². The maximum atomic E-state index is 7.13. The molecule has 6 rings (SSSR count). The zero-order valence-corrected chi connectivity index (χ0v) is 48.3. The molecule has 2 saturated heterocycles. The number of isothiocyanates is 4. The molecule has 0 saturated carbocycles. The summed E-state index contributed by atoms with van der Waals surface area (Å²) >= 11 is 14.8. The molecule has 4 aromatic carbocycles. The van der Waals surface area contributed by atoms with Gasteiger partial charge in [-0.05, 0) is 49.9 Å². The first-order chi connectivity index (χ1) is 35.2. The third-order valence-electron chi connectivity index (χ3n) is 11.8. The van der Waals surface area contributed by atoms with E-state index in [1.807, 2.05) is 0 Å². The number of thiocarbonyl (C=S) groups is 4. The summed E-state index contributed by atoms with van der Waals surface area (Å²) in [4.78, 5) is 9.80. The van der Waals surface area contributed by atoms with Crippen LogP contribution in [0.15, 0.2) is 121 Å². The predicted octanol–water partition coefficient (Wildman–Crippen LogP) is 7.26. The van der Waals surface area contributed by atoms with Crippen LogP contribution in [0.5, 0.6) is 0 Å². The van der Waals surface area contributed by atoms with E-state index in [0.29, 0.717) is 24.2 Å². The molecule has 0 aliphatic carbocycles. The van der Waals surface area contributed by atoms with Crippen molar-refractivity contribution in [1.82, 2.24) is 62.1 Å². The predicted molar refractivity (Wildman–Crippen MR) is 314 cm³/mol. The largest absolute Gasteiger partial charge is 2.00 e. The molecule has 2 fully saturated rings. The van der Waals surface area contributed by atoms with Gasteiger partial charge in [0.2, 0.25) is 0 Å². The van der Waals surface area contributed by atoms with Crippen molar-refractivity contribution in [3.63, 3.8) is 0 Å². The second-order valence-electron chi connectivity index (χ2n) is 16.3. The number of benzene rings is 4. The third kappa shape index (κ3) is 33.6. The van der Waals surface area contributed by atoms with E-state index < -0.39 is 0 Å². The minimum atomic E-state index is 0. The van der Waals surface area contributed by atoms with Crippen molar-refractivity contribution in [2.45, 2.75) is 51.9 Å². The SMILES string of the molecule is C[C@H](c1ccccc1)N1CNCCNCN([C@H](C)c2ccccc2)CNCCNC1.C[C@H](c1ccccc1)N1CNCCNCN([C@H](C)c2ccccc2)CNCCNC1.[N-]=C=S.[N-]=C=S.[N-]=C=S.[N-]=C=S.[Ni+2].[Ni+2]. The van der Waals surface area contributed by atoms with E-state index in [1.165, 1.54) is 42.9 Å². The minimum Gasteiger partial charge on any atom is -0.753 e. The number of nitrogens with one attached hydrogen (secondary N) is 8. The molecule has 0 radical (unpaired) electrons. The second kappa shape index (κ2) is 50.4. The van der Waals surface area contributed by atoms with Crippen LogP contribution in [0.25, 0.3) is 21.6 Å². The Hall–Kier alpha value is -3.41. The molecule has 0 amide bonds. The van der Waals surface area contributed by atoms with Crippen LogP contribution >= 0.6 is 48.9 Å². The van der Waals surface area contributed by atoms with E-state index in [0.717, 1.165) is 106 Å². The van der Waals surface area contributed by atoms with Gasteiger partial charge in [-0.1, -0.05) is 170 Å². The first kappa shape index (κ1) is 72.7. The van der Waals surface area contributed by atoms with Crippen molar-refractivity contribution in [3.8, 4) is 0 Å². The molecule has 4 atom stereocenters. The van der Waals surface area contributed by atoms with Gasteiger partial charge in [0, 0.05) is 130 Å². The van der Waals surface area contributed by atoms with Gasteiger partial charge in [0.05, 0.1) is 0 Å². The Bertz CT molecular complexity index is 1730. The molecule has 0 bridgehead atoms. The van der Waals surface area contributed by atoms with Crippen LogP contribution in [0.4, 0.5) is 0 Å². The van der Waals surface area contributed by atoms with Crippen LogP contribution in [0, 0.1) is 0 Å². The summed E-state index contributed by atoms with van der Waals surface area (Å²) in [5.41, 5.74) is 5.40. The van der Waals surface area contributed by atoms with Gasteiger partial charge in [-0.2, -0.15) is 20.6 Å². The van der Waals surface area contributed by atoms with E-state index in [-0.39, 0.29) is 33.0 Å².